The van der Waals surface area contributed by atoms with Crippen LogP contribution in [-0.4, -0.2) is 36.1 Å². The molecule has 0 unspecified atom stereocenters. The Morgan fingerprint density at radius 3 is 2.50 bits per heavy atom. The molecule has 1 heterocycles. The quantitative estimate of drug-likeness (QED) is 0.640. The summed E-state index contributed by atoms with van der Waals surface area (Å²) in [6, 6.07) is 11.8. The van der Waals surface area contributed by atoms with E-state index in [0.717, 1.165) is 0 Å². The third kappa shape index (κ3) is 7.65. The predicted octanol–water partition coefficient (Wildman–Crippen LogP) is 2.85. The summed E-state index contributed by atoms with van der Waals surface area (Å²) < 4.78 is 41.5. The van der Waals surface area contributed by atoms with Crippen LogP contribution < -0.4 is 15.4 Å². The Balaban J connectivity index is 1.70. The molecule has 2 rings (SSSR count). The molecule has 2 amide bonds. The Morgan fingerprint density at radius 2 is 1.79 bits per heavy atom. The van der Waals surface area contributed by atoms with E-state index >= 15 is 0 Å². The standard InChI is InChI=1S/C19H20F3N3O3/c20-19(21,22)13-28-18-15(8-4-11-24-18)12-25-16(26)9-5-10-23-17(27)14-6-2-1-3-7-14/h1-4,6-8,11H,5,9-10,12-13H2,(H,23,27)(H,25,26). The van der Waals surface area contributed by atoms with Gasteiger partial charge in [0.25, 0.3) is 5.91 Å². The van der Waals surface area contributed by atoms with Crippen LogP contribution in [0.25, 0.3) is 0 Å². The molecule has 0 aliphatic carbocycles. The lowest BCUT2D eigenvalue weighted by Crippen LogP contribution is -2.27. The van der Waals surface area contributed by atoms with Gasteiger partial charge in [-0.3, -0.25) is 9.59 Å². The predicted molar refractivity (Wildman–Crippen MR) is 95.6 cm³/mol. The number of carbonyl (C=O) groups is 2. The van der Waals surface area contributed by atoms with Gasteiger partial charge in [-0.2, -0.15) is 13.2 Å². The lowest BCUT2D eigenvalue weighted by atomic mass is 10.2. The number of alkyl halides is 3. The highest BCUT2D eigenvalue weighted by Gasteiger charge is 2.29. The van der Waals surface area contributed by atoms with Gasteiger partial charge in [0.05, 0.1) is 0 Å². The summed E-state index contributed by atoms with van der Waals surface area (Å²) in [5, 5.41) is 5.32. The maximum atomic E-state index is 12.3. The average molecular weight is 395 g/mol. The lowest BCUT2D eigenvalue weighted by Gasteiger charge is -2.12. The summed E-state index contributed by atoms with van der Waals surface area (Å²) >= 11 is 0. The monoisotopic (exact) mass is 395 g/mol. The second kappa shape index (κ2) is 10.3. The molecule has 1 aromatic heterocycles. The fraction of sp³-hybridized carbons (Fsp3) is 0.316. The summed E-state index contributed by atoms with van der Waals surface area (Å²) in [6.45, 7) is -1.13. The number of ether oxygens (including phenoxy) is 1. The summed E-state index contributed by atoms with van der Waals surface area (Å²) in [7, 11) is 0. The second-order valence-electron chi connectivity index (χ2n) is 5.87. The zero-order valence-corrected chi connectivity index (χ0v) is 15.0. The molecule has 9 heteroatoms. The number of nitrogens with zero attached hydrogens (tertiary/aromatic N) is 1. The molecule has 0 saturated carbocycles. The van der Waals surface area contributed by atoms with E-state index < -0.39 is 12.8 Å². The number of hydrogen-bond donors (Lipinski definition) is 2. The summed E-state index contributed by atoms with van der Waals surface area (Å²) in [6.07, 6.45) is -2.57. The van der Waals surface area contributed by atoms with Crippen molar-refractivity contribution in [3.05, 3.63) is 59.8 Å². The number of aromatic nitrogens is 1. The van der Waals surface area contributed by atoms with Gasteiger partial charge in [-0.25, -0.2) is 4.98 Å². The van der Waals surface area contributed by atoms with Gasteiger partial charge < -0.3 is 15.4 Å². The minimum absolute atomic E-state index is 0.00373. The highest BCUT2D eigenvalue weighted by Crippen LogP contribution is 2.19. The zero-order valence-electron chi connectivity index (χ0n) is 15.0. The molecule has 0 aliphatic rings. The third-order valence-corrected chi connectivity index (χ3v) is 3.60. The molecule has 0 aliphatic heterocycles. The van der Waals surface area contributed by atoms with Crippen molar-refractivity contribution >= 4 is 11.8 Å². The van der Waals surface area contributed by atoms with E-state index in [0.29, 0.717) is 24.1 Å². The van der Waals surface area contributed by atoms with Crippen LogP contribution in [0.3, 0.4) is 0 Å². The first-order valence-corrected chi connectivity index (χ1v) is 8.58. The van der Waals surface area contributed by atoms with Crippen molar-refractivity contribution in [3.8, 4) is 5.88 Å². The largest absolute Gasteiger partial charge is 0.468 e. The highest BCUT2D eigenvalue weighted by molar-refractivity contribution is 5.94. The first-order chi connectivity index (χ1) is 13.3. The van der Waals surface area contributed by atoms with Crippen LogP contribution in [0.2, 0.25) is 0 Å². The van der Waals surface area contributed by atoms with Gasteiger partial charge in [-0.05, 0) is 24.6 Å². The van der Waals surface area contributed by atoms with Gasteiger partial charge in [-0.15, -0.1) is 0 Å². The second-order valence-corrected chi connectivity index (χ2v) is 5.87. The van der Waals surface area contributed by atoms with Crippen molar-refractivity contribution in [1.82, 2.24) is 15.6 Å². The first kappa shape index (κ1) is 21.2. The number of benzene rings is 1. The number of halogens is 3. The van der Waals surface area contributed by atoms with Crippen LogP contribution in [0, 0.1) is 0 Å². The van der Waals surface area contributed by atoms with Gasteiger partial charge in [0.15, 0.2) is 6.61 Å². The third-order valence-electron chi connectivity index (χ3n) is 3.60. The van der Waals surface area contributed by atoms with E-state index in [1.807, 2.05) is 6.07 Å². The minimum atomic E-state index is -4.47. The number of pyridine rings is 1. The molecule has 0 bridgehead atoms. The van der Waals surface area contributed by atoms with E-state index in [-0.39, 0.29) is 30.7 Å². The van der Waals surface area contributed by atoms with E-state index in [2.05, 4.69) is 20.4 Å². The fourth-order valence-electron chi connectivity index (χ4n) is 2.26. The van der Waals surface area contributed by atoms with Crippen molar-refractivity contribution in [2.75, 3.05) is 13.2 Å². The maximum Gasteiger partial charge on any atom is 0.422 e. The van der Waals surface area contributed by atoms with Crippen LogP contribution >= 0.6 is 0 Å². The number of carbonyl (C=O) groups excluding carboxylic acids is 2. The Kier molecular flexibility index (Phi) is 7.79. The fourth-order valence-corrected chi connectivity index (χ4v) is 2.26. The number of hydrogen-bond acceptors (Lipinski definition) is 4. The van der Waals surface area contributed by atoms with E-state index in [4.69, 9.17) is 0 Å². The molecule has 2 aromatic rings. The Morgan fingerprint density at radius 1 is 1.04 bits per heavy atom. The SMILES string of the molecule is O=C(CCCNC(=O)c1ccccc1)NCc1cccnc1OCC(F)(F)F. The Bertz CT molecular complexity index is 783. The molecule has 0 spiro atoms. The van der Waals surface area contributed by atoms with Gasteiger partial charge in [0, 0.05) is 36.8 Å². The van der Waals surface area contributed by atoms with Crippen molar-refractivity contribution in [2.45, 2.75) is 25.6 Å². The number of rotatable bonds is 9. The Labute approximate surface area is 160 Å². The van der Waals surface area contributed by atoms with Crippen molar-refractivity contribution < 1.29 is 27.5 Å². The number of nitrogens with one attached hydrogen (secondary N) is 2. The molecule has 0 atom stereocenters. The maximum absolute atomic E-state index is 12.3. The number of amides is 2. The minimum Gasteiger partial charge on any atom is -0.468 e. The van der Waals surface area contributed by atoms with E-state index in [1.54, 1.807) is 30.3 Å². The van der Waals surface area contributed by atoms with Gasteiger partial charge in [0.2, 0.25) is 11.8 Å². The molecular formula is C19H20F3N3O3. The van der Waals surface area contributed by atoms with Crippen LogP contribution in [0.15, 0.2) is 48.7 Å². The molecule has 0 fully saturated rings. The summed E-state index contributed by atoms with van der Waals surface area (Å²) in [4.78, 5) is 27.5. The van der Waals surface area contributed by atoms with Crippen LogP contribution in [-0.2, 0) is 11.3 Å². The van der Waals surface area contributed by atoms with Crippen LogP contribution in [0.1, 0.15) is 28.8 Å². The average Bonchev–Trinajstić information content (AvgIpc) is 2.68. The molecule has 28 heavy (non-hydrogen) atoms. The topological polar surface area (TPSA) is 80.3 Å². The van der Waals surface area contributed by atoms with Crippen LogP contribution in [0.4, 0.5) is 13.2 Å². The Hall–Kier alpha value is -3.10. The van der Waals surface area contributed by atoms with Crippen LogP contribution in [0.5, 0.6) is 5.88 Å². The molecule has 0 radical (unpaired) electrons. The van der Waals surface area contributed by atoms with Gasteiger partial charge in [0.1, 0.15) is 0 Å². The van der Waals surface area contributed by atoms with Crippen molar-refractivity contribution in [2.24, 2.45) is 0 Å². The molecule has 6 nitrogen and oxygen atoms in total. The molecule has 1 aromatic carbocycles. The molecular weight excluding hydrogens is 375 g/mol. The highest BCUT2D eigenvalue weighted by atomic mass is 19.4. The summed E-state index contributed by atoms with van der Waals surface area (Å²) in [5.74, 6) is -0.683. The zero-order chi connectivity index (χ0) is 20.4. The van der Waals surface area contributed by atoms with E-state index in [1.165, 1.54) is 12.3 Å². The first-order valence-electron chi connectivity index (χ1n) is 8.58. The lowest BCUT2D eigenvalue weighted by molar-refractivity contribution is -0.154. The molecule has 2 N–H and O–H groups in total. The molecule has 0 saturated heterocycles. The normalized spacial score (nSPS) is 11.0. The van der Waals surface area contributed by atoms with Gasteiger partial charge >= 0.3 is 6.18 Å². The van der Waals surface area contributed by atoms with Gasteiger partial charge in [-0.1, -0.05) is 24.3 Å². The smallest absolute Gasteiger partial charge is 0.422 e. The molecule has 150 valence electrons. The van der Waals surface area contributed by atoms with Crippen molar-refractivity contribution in [1.29, 1.82) is 0 Å². The van der Waals surface area contributed by atoms with Crippen molar-refractivity contribution in [3.63, 3.8) is 0 Å². The van der Waals surface area contributed by atoms with E-state index in [9.17, 15) is 22.8 Å². The summed E-state index contributed by atoms with van der Waals surface area (Å²) in [5.41, 5.74) is 0.882.